The number of aromatic nitrogens is 3. The van der Waals surface area contributed by atoms with Gasteiger partial charge in [0, 0.05) is 44.7 Å². The number of rotatable bonds is 4. The molecule has 0 fully saturated rings. The summed E-state index contributed by atoms with van der Waals surface area (Å²) in [4.78, 5) is 4.83. The van der Waals surface area contributed by atoms with Gasteiger partial charge in [0.1, 0.15) is 0 Å². The molecule has 3 nitrogen and oxygen atoms in total. The van der Waals surface area contributed by atoms with Gasteiger partial charge in [-0.2, -0.15) is 0 Å². The van der Waals surface area contributed by atoms with Crippen LogP contribution in [0.1, 0.15) is 0 Å². The van der Waals surface area contributed by atoms with Crippen molar-refractivity contribution < 1.29 is 0 Å². The summed E-state index contributed by atoms with van der Waals surface area (Å²) >= 11 is 0. The van der Waals surface area contributed by atoms with E-state index in [1.54, 1.807) is 0 Å². The fraction of sp³-hybridized carbons (Fsp3) is 0. The highest BCUT2D eigenvalue weighted by Gasteiger charge is 2.20. The smallest absolute Gasteiger partial charge is 0.0730 e. The van der Waals surface area contributed by atoms with Crippen LogP contribution in [-0.4, -0.2) is 14.1 Å². The highest BCUT2D eigenvalue weighted by atomic mass is 15.0. The summed E-state index contributed by atoms with van der Waals surface area (Å²) in [5.74, 6) is 0. The van der Waals surface area contributed by atoms with E-state index in [2.05, 4.69) is 161 Å². The summed E-state index contributed by atoms with van der Waals surface area (Å²) in [5, 5.41) is 4.91. The summed E-state index contributed by atoms with van der Waals surface area (Å²) in [5.41, 5.74) is 11.7. The zero-order valence-electron chi connectivity index (χ0n) is 23.9. The van der Waals surface area contributed by atoms with Crippen LogP contribution in [0.5, 0.6) is 0 Å². The molecule has 9 aromatic rings. The predicted octanol–water partition coefficient (Wildman–Crippen LogP) is 10.6. The Labute approximate surface area is 254 Å². The van der Waals surface area contributed by atoms with Gasteiger partial charge < -0.3 is 9.13 Å². The number of hydrogen-bond acceptors (Lipinski definition) is 1. The van der Waals surface area contributed by atoms with Crippen molar-refractivity contribution >= 4 is 43.6 Å². The molecule has 206 valence electrons. The molecular formula is C41H27N3. The van der Waals surface area contributed by atoms with E-state index in [4.69, 9.17) is 4.98 Å². The molecular weight excluding hydrogens is 534 g/mol. The van der Waals surface area contributed by atoms with Gasteiger partial charge in [-0.25, -0.2) is 0 Å². The summed E-state index contributed by atoms with van der Waals surface area (Å²) in [6.07, 6.45) is 4.04. The second-order valence-electron chi connectivity index (χ2n) is 11.2. The molecule has 0 aliphatic rings. The zero-order valence-corrected chi connectivity index (χ0v) is 23.9. The van der Waals surface area contributed by atoms with Crippen molar-refractivity contribution in [1.82, 2.24) is 14.1 Å². The standard InChI is InChI=1S/C41H27N3/c1-3-12-28(13-4-1)29-22-24-31(25-23-29)43-36-19-9-7-16-33(36)40-32(18-11-21-38(40)43)35-26-42-27-39-41(35)34-17-8-10-20-37(34)44(39)30-14-5-2-6-15-30/h1-27H. The minimum Gasteiger partial charge on any atom is -0.309 e. The zero-order chi connectivity index (χ0) is 29.0. The predicted molar refractivity (Wildman–Crippen MR) is 184 cm³/mol. The molecule has 0 N–H and O–H groups in total. The van der Waals surface area contributed by atoms with Crippen molar-refractivity contribution in [2.45, 2.75) is 0 Å². The quantitative estimate of drug-likeness (QED) is 0.210. The van der Waals surface area contributed by atoms with E-state index in [0.29, 0.717) is 0 Å². The molecule has 0 radical (unpaired) electrons. The average Bonchev–Trinajstić information content (AvgIpc) is 3.62. The molecule has 3 heteroatoms. The fourth-order valence-corrected chi connectivity index (χ4v) is 6.93. The van der Waals surface area contributed by atoms with Crippen LogP contribution in [-0.2, 0) is 0 Å². The van der Waals surface area contributed by atoms with Crippen molar-refractivity contribution in [3.05, 3.63) is 164 Å². The van der Waals surface area contributed by atoms with Gasteiger partial charge in [-0.1, -0.05) is 109 Å². The second-order valence-corrected chi connectivity index (χ2v) is 11.2. The lowest BCUT2D eigenvalue weighted by Crippen LogP contribution is -1.94. The van der Waals surface area contributed by atoms with Crippen LogP contribution < -0.4 is 0 Å². The highest BCUT2D eigenvalue weighted by molar-refractivity contribution is 6.21. The van der Waals surface area contributed by atoms with E-state index in [0.717, 1.165) is 22.5 Å². The number of benzene rings is 6. The third-order valence-corrected chi connectivity index (χ3v) is 8.82. The van der Waals surface area contributed by atoms with Crippen LogP contribution in [0.25, 0.3) is 77.2 Å². The van der Waals surface area contributed by atoms with Gasteiger partial charge in [0.25, 0.3) is 0 Å². The molecule has 0 spiro atoms. The van der Waals surface area contributed by atoms with Gasteiger partial charge in [-0.05, 0) is 59.2 Å². The van der Waals surface area contributed by atoms with E-state index in [1.165, 1.54) is 54.8 Å². The van der Waals surface area contributed by atoms with Crippen LogP contribution in [0, 0.1) is 0 Å². The molecule has 0 saturated heterocycles. The van der Waals surface area contributed by atoms with Gasteiger partial charge in [-0.15, -0.1) is 0 Å². The lowest BCUT2D eigenvalue weighted by atomic mass is 9.97. The average molecular weight is 562 g/mol. The van der Waals surface area contributed by atoms with Crippen LogP contribution in [0.2, 0.25) is 0 Å². The van der Waals surface area contributed by atoms with E-state index in [-0.39, 0.29) is 0 Å². The van der Waals surface area contributed by atoms with Crippen molar-refractivity contribution in [1.29, 1.82) is 0 Å². The maximum Gasteiger partial charge on any atom is 0.0730 e. The fourth-order valence-electron chi connectivity index (χ4n) is 6.93. The Morgan fingerprint density at radius 2 is 0.864 bits per heavy atom. The largest absolute Gasteiger partial charge is 0.309 e. The van der Waals surface area contributed by atoms with Crippen molar-refractivity contribution in [3.8, 4) is 33.6 Å². The third-order valence-electron chi connectivity index (χ3n) is 8.82. The van der Waals surface area contributed by atoms with Gasteiger partial charge in [0.15, 0.2) is 0 Å². The van der Waals surface area contributed by atoms with Crippen LogP contribution >= 0.6 is 0 Å². The molecule has 3 heterocycles. The molecule has 3 aromatic heterocycles. The number of fused-ring (bicyclic) bond motifs is 6. The molecule has 0 atom stereocenters. The van der Waals surface area contributed by atoms with Gasteiger partial charge in [-0.3, -0.25) is 4.98 Å². The first-order valence-corrected chi connectivity index (χ1v) is 15.0. The van der Waals surface area contributed by atoms with Gasteiger partial charge >= 0.3 is 0 Å². The van der Waals surface area contributed by atoms with Crippen LogP contribution in [0.15, 0.2) is 164 Å². The first-order chi connectivity index (χ1) is 21.9. The van der Waals surface area contributed by atoms with E-state index >= 15 is 0 Å². The van der Waals surface area contributed by atoms with Gasteiger partial charge in [0.2, 0.25) is 0 Å². The topological polar surface area (TPSA) is 22.8 Å². The monoisotopic (exact) mass is 561 g/mol. The normalized spacial score (nSPS) is 11.6. The summed E-state index contributed by atoms with van der Waals surface area (Å²) in [7, 11) is 0. The van der Waals surface area contributed by atoms with Crippen molar-refractivity contribution in [2.24, 2.45) is 0 Å². The Hall–Kier alpha value is -5.93. The second kappa shape index (κ2) is 9.82. The van der Waals surface area contributed by atoms with E-state index < -0.39 is 0 Å². The lowest BCUT2D eigenvalue weighted by Gasteiger charge is -2.11. The number of pyridine rings is 1. The Morgan fingerprint density at radius 1 is 0.341 bits per heavy atom. The summed E-state index contributed by atoms with van der Waals surface area (Å²) in [6.45, 7) is 0. The first-order valence-electron chi connectivity index (χ1n) is 15.0. The number of hydrogen-bond donors (Lipinski definition) is 0. The van der Waals surface area contributed by atoms with Crippen molar-refractivity contribution in [3.63, 3.8) is 0 Å². The summed E-state index contributed by atoms with van der Waals surface area (Å²) < 4.78 is 4.72. The van der Waals surface area contributed by atoms with E-state index in [1.807, 2.05) is 12.4 Å². The minimum absolute atomic E-state index is 1.10. The Kier molecular flexibility index (Phi) is 5.50. The Balaban J connectivity index is 1.32. The molecule has 44 heavy (non-hydrogen) atoms. The van der Waals surface area contributed by atoms with Crippen LogP contribution in [0.3, 0.4) is 0 Å². The molecule has 0 unspecified atom stereocenters. The molecule has 0 aliphatic heterocycles. The molecule has 0 saturated carbocycles. The molecule has 0 amide bonds. The van der Waals surface area contributed by atoms with E-state index in [9.17, 15) is 0 Å². The summed E-state index contributed by atoms with van der Waals surface area (Å²) in [6, 6.07) is 54.1. The van der Waals surface area contributed by atoms with Crippen molar-refractivity contribution in [2.75, 3.05) is 0 Å². The van der Waals surface area contributed by atoms with Crippen LogP contribution in [0.4, 0.5) is 0 Å². The highest BCUT2D eigenvalue weighted by Crippen LogP contribution is 2.43. The Morgan fingerprint density at radius 3 is 1.57 bits per heavy atom. The molecule has 9 rings (SSSR count). The third kappa shape index (κ3) is 3.66. The molecule has 6 aromatic carbocycles. The SMILES string of the molecule is c1ccc(-c2ccc(-n3c4ccccc4c4c(-c5cncc6c5c5ccccc5n6-c5ccccc5)cccc43)cc2)cc1. The number of nitrogens with zero attached hydrogens (tertiary/aromatic N) is 3. The maximum atomic E-state index is 4.83. The first kappa shape index (κ1) is 24.6. The Bertz CT molecular complexity index is 2470. The number of para-hydroxylation sites is 3. The lowest BCUT2D eigenvalue weighted by molar-refractivity contribution is 1.17. The maximum absolute atomic E-state index is 4.83. The van der Waals surface area contributed by atoms with Gasteiger partial charge in [0.05, 0.1) is 28.3 Å². The molecule has 0 bridgehead atoms. The minimum atomic E-state index is 1.10. The molecule has 0 aliphatic carbocycles.